The lowest BCUT2D eigenvalue weighted by molar-refractivity contribution is -0.144. The van der Waals surface area contributed by atoms with E-state index in [1.807, 2.05) is 113 Å². The van der Waals surface area contributed by atoms with Crippen LogP contribution in [-0.2, 0) is 25.7 Å². The molecule has 3 amide bonds. The second-order valence-corrected chi connectivity index (χ2v) is 16.9. The van der Waals surface area contributed by atoms with Gasteiger partial charge in [0.1, 0.15) is 17.8 Å². The SMILES string of the molecule is COC(=O)c1ccc2ccn(Cc3ccc(OCCCCC(=O)N[C@H](C(=O)N4C[C@H](O)C[C@H]4C(=O)N[C@@H](C)c4ccc(-c5scnc5C)cc4)C(C)(C)C)cc3)c2c1. The Hall–Kier alpha value is -5.53. The molecule has 0 aliphatic carbocycles. The Morgan fingerprint density at radius 1 is 0.983 bits per heavy atom. The second-order valence-electron chi connectivity index (χ2n) is 16.0. The van der Waals surface area contributed by atoms with E-state index in [1.54, 1.807) is 17.4 Å². The molecule has 1 aliphatic rings. The number of methoxy groups -OCH3 is 1. The molecule has 1 fully saturated rings. The summed E-state index contributed by atoms with van der Waals surface area (Å²) in [6.45, 7) is 10.5. The van der Waals surface area contributed by atoms with Gasteiger partial charge < -0.3 is 34.7 Å². The summed E-state index contributed by atoms with van der Waals surface area (Å²) in [5, 5.41) is 17.6. The van der Waals surface area contributed by atoms with Gasteiger partial charge in [-0.3, -0.25) is 14.4 Å². The van der Waals surface area contributed by atoms with Gasteiger partial charge in [-0.1, -0.05) is 63.2 Å². The Bertz CT molecular complexity index is 2220. The molecule has 0 saturated carbocycles. The summed E-state index contributed by atoms with van der Waals surface area (Å²) in [5.41, 5.74) is 6.63. The largest absolute Gasteiger partial charge is 0.494 e. The van der Waals surface area contributed by atoms with E-state index in [9.17, 15) is 24.3 Å². The first-order valence-corrected chi connectivity index (χ1v) is 20.6. The molecule has 58 heavy (non-hydrogen) atoms. The smallest absolute Gasteiger partial charge is 0.337 e. The number of fused-ring (bicyclic) bond motifs is 1. The van der Waals surface area contributed by atoms with Crippen molar-refractivity contribution in [3.8, 4) is 16.2 Å². The lowest BCUT2D eigenvalue weighted by Gasteiger charge is -2.35. The van der Waals surface area contributed by atoms with E-state index in [0.717, 1.165) is 43.9 Å². The zero-order chi connectivity index (χ0) is 41.6. The molecular weight excluding hydrogens is 755 g/mol. The van der Waals surface area contributed by atoms with Crippen LogP contribution in [0.1, 0.15) is 86.6 Å². The maximum absolute atomic E-state index is 14.1. The number of nitrogens with zero attached hydrogens (tertiary/aromatic N) is 3. The monoisotopic (exact) mass is 807 g/mol. The molecule has 5 aromatic rings. The standard InChI is InChI=1S/C45H53N5O7S/c1-28(31-12-15-33(16-13-31)40-29(2)46-27-58-40)47-42(53)38-24-35(51)26-50(38)43(54)41(45(3,4)5)48-39(52)9-7-8-22-57-36-18-10-30(11-19-36)25-49-21-20-32-14-17-34(23-37(32)49)44(55)56-6/h10-21,23,27-28,35,38,41,51H,7-9,22,24-26H2,1-6H3,(H,47,53)(H,48,52)/t28-,35+,38-,41+/m0/s1. The van der Waals surface area contributed by atoms with E-state index in [0.29, 0.717) is 31.6 Å². The van der Waals surface area contributed by atoms with Crippen LogP contribution in [0.3, 0.4) is 0 Å². The minimum Gasteiger partial charge on any atom is -0.494 e. The van der Waals surface area contributed by atoms with Crippen LogP contribution < -0.4 is 15.4 Å². The third-order valence-corrected chi connectivity index (χ3v) is 11.6. The molecule has 2 aromatic heterocycles. The molecule has 12 nitrogen and oxygen atoms in total. The van der Waals surface area contributed by atoms with Gasteiger partial charge in [0, 0.05) is 37.6 Å². The maximum Gasteiger partial charge on any atom is 0.337 e. The molecule has 4 atom stereocenters. The number of carbonyl (C=O) groups is 4. The van der Waals surface area contributed by atoms with Crippen LogP contribution in [0.2, 0.25) is 0 Å². The van der Waals surface area contributed by atoms with Crippen molar-refractivity contribution in [3.05, 3.63) is 107 Å². The quantitative estimate of drug-likeness (QED) is 0.0770. The van der Waals surface area contributed by atoms with Crippen LogP contribution in [0.25, 0.3) is 21.3 Å². The van der Waals surface area contributed by atoms with E-state index < -0.39 is 29.5 Å². The number of benzene rings is 3. The van der Waals surface area contributed by atoms with Gasteiger partial charge in [-0.25, -0.2) is 9.78 Å². The van der Waals surface area contributed by atoms with Gasteiger partial charge in [0.15, 0.2) is 0 Å². The number of thiazole rings is 1. The summed E-state index contributed by atoms with van der Waals surface area (Å²) < 4.78 is 12.9. The average molecular weight is 808 g/mol. The zero-order valence-electron chi connectivity index (χ0n) is 34.0. The van der Waals surface area contributed by atoms with Crippen LogP contribution in [0.4, 0.5) is 0 Å². The second kappa shape index (κ2) is 18.4. The van der Waals surface area contributed by atoms with Crippen molar-refractivity contribution < 1.29 is 33.8 Å². The summed E-state index contributed by atoms with van der Waals surface area (Å²) in [6.07, 6.45) is 2.65. The van der Waals surface area contributed by atoms with Crippen molar-refractivity contribution in [2.45, 2.75) is 91.1 Å². The van der Waals surface area contributed by atoms with E-state index >= 15 is 0 Å². The highest BCUT2D eigenvalue weighted by Gasteiger charge is 2.44. The van der Waals surface area contributed by atoms with Crippen molar-refractivity contribution in [1.82, 2.24) is 25.1 Å². The fraction of sp³-hybridized carbons (Fsp3) is 0.400. The Morgan fingerprint density at radius 2 is 1.72 bits per heavy atom. The van der Waals surface area contributed by atoms with Crippen molar-refractivity contribution in [3.63, 3.8) is 0 Å². The Kier molecular flexibility index (Phi) is 13.3. The Labute approximate surface area is 343 Å². The van der Waals surface area contributed by atoms with Crippen molar-refractivity contribution in [2.24, 2.45) is 5.41 Å². The van der Waals surface area contributed by atoms with Crippen molar-refractivity contribution in [2.75, 3.05) is 20.3 Å². The number of β-amino-alcohol motifs (C(OH)–C–C–N with tert-alkyl or cyclic N) is 1. The van der Waals surface area contributed by atoms with Gasteiger partial charge in [-0.15, -0.1) is 11.3 Å². The lowest BCUT2D eigenvalue weighted by Crippen LogP contribution is -2.57. The zero-order valence-corrected chi connectivity index (χ0v) is 34.8. The number of likely N-dealkylation sites (tertiary alicyclic amines) is 1. The van der Waals surface area contributed by atoms with Gasteiger partial charge in [0.05, 0.1) is 47.5 Å². The van der Waals surface area contributed by atoms with Gasteiger partial charge in [-0.2, -0.15) is 0 Å². The molecule has 0 unspecified atom stereocenters. The van der Waals surface area contributed by atoms with Crippen LogP contribution >= 0.6 is 11.3 Å². The third kappa shape index (κ3) is 10.1. The molecule has 0 spiro atoms. The number of hydrogen-bond donors (Lipinski definition) is 3. The van der Waals surface area contributed by atoms with Gasteiger partial charge in [0.25, 0.3) is 0 Å². The van der Waals surface area contributed by atoms with Gasteiger partial charge >= 0.3 is 5.97 Å². The van der Waals surface area contributed by atoms with E-state index in [-0.39, 0.29) is 43.2 Å². The first kappa shape index (κ1) is 42.1. The number of nitrogens with one attached hydrogen (secondary N) is 2. The molecule has 3 N–H and O–H groups in total. The number of hydrogen-bond acceptors (Lipinski definition) is 9. The third-order valence-electron chi connectivity index (χ3n) is 10.6. The fourth-order valence-corrected chi connectivity index (χ4v) is 8.09. The van der Waals surface area contributed by atoms with Crippen LogP contribution in [0.15, 0.2) is 84.5 Å². The molecular formula is C45H53N5O7S. The minimum absolute atomic E-state index is 0.0100. The summed E-state index contributed by atoms with van der Waals surface area (Å²) in [5.74, 6) is -0.656. The predicted molar refractivity (Wildman–Crippen MR) is 225 cm³/mol. The number of unbranched alkanes of at least 4 members (excludes halogenated alkanes) is 1. The lowest BCUT2D eigenvalue weighted by atomic mass is 9.85. The summed E-state index contributed by atoms with van der Waals surface area (Å²) in [6, 6.07) is 21.2. The number of aryl methyl sites for hydroxylation is 1. The number of amides is 3. The molecule has 306 valence electrons. The van der Waals surface area contributed by atoms with Crippen LogP contribution in [0.5, 0.6) is 5.75 Å². The molecule has 3 heterocycles. The molecule has 1 saturated heterocycles. The minimum atomic E-state index is -0.894. The van der Waals surface area contributed by atoms with Crippen molar-refractivity contribution >= 4 is 45.9 Å². The van der Waals surface area contributed by atoms with Crippen LogP contribution in [-0.4, -0.2) is 81.7 Å². The fourth-order valence-electron chi connectivity index (χ4n) is 7.28. The van der Waals surface area contributed by atoms with E-state index in [4.69, 9.17) is 9.47 Å². The molecule has 0 bridgehead atoms. The Morgan fingerprint density at radius 3 is 2.40 bits per heavy atom. The number of aliphatic hydroxyl groups excluding tert-OH is 1. The highest BCUT2D eigenvalue weighted by molar-refractivity contribution is 7.13. The number of rotatable bonds is 15. The number of ether oxygens (including phenoxy) is 2. The number of carbonyl (C=O) groups excluding carboxylic acids is 4. The Balaban J connectivity index is 0.967. The summed E-state index contributed by atoms with van der Waals surface area (Å²) in [7, 11) is 1.37. The maximum atomic E-state index is 14.1. The highest BCUT2D eigenvalue weighted by atomic mass is 32.1. The first-order valence-electron chi connectivity index (χ1n) is 19.7. The van der Waals surface area contributed by atoms with Gasteiger partial charge in [-0.05, 0) is 84.5 Å². The number of aliphatic hydroxyl groups is 1. The normalized spacial score (nSPS) is 16.5. The molecule has 1 aliphatic heterocycles. The number of aromatic nitrogens is 2. The van der Waals surface area contributed by atoms with Gasteiger partial charge in [0.2, 0.25) is 17.7 Å². The molecule has 13 heteroatoms. The van der Waals surface area contributed by atoms with Crippen molar-refractivity contribution in [1.29, 1.82) is 0 Å². The number of esters is 1. The average Bonchev–Trinajstić information content (AvgIpc) is 3.94. The molecule has 6 rings (SSSR count). The van der Waals surface area contributed by atoms with Crippen LogP contribution in [0, 0.1) is 12.3 Å². The predicted octanol–water partition coefficient (Wildman–Crippen LogP) is 6.83. The summed E-state index contributed by atoms with van der Waals surface area (Å²) in [4.78, 5) is 59.7. The molecule has 3 aromatic carbocycles. The first-order chi connectivity index (χ1) is 27.7. The highest BCUT2D eigenvalue weighted by Crippen LogP contribution is 2.30. The van der Waals surface area contributed by atoms with E-state index in [2.05, 4.69) is 20.2 Å². The molecule has 0 radical (unpaired) electrons. The topological polar surface area (TPSA) is 152 Å². The van der Waals surface area contributed by atoms with E-state index in [1.165, 1.54) is 12.0 Å². The summed E-state index contributed by atoms with van der Waals surface area (Å²) >= 11 is 1.58.